The maximum Gasteiger partial charge on any atom is 0.263 e. The van der Waals surface area contributed by atoms with Crippen molar-refractivity contribution in [1.82, 2.24) is 10.2 Å². The molecule has 1 aromatic rings. The number of nitrogens with zero attached hydrogens (tertiary/aromatic N) is 2. The van der Waals surface area contributed by atoms with Crippen LogP contribution in [0.3, 0.4) is 0 Å². The summed E-state index contributed by atoms with van der Waals surface area (Å²) in [6.45, 7) is 8.78. The monoisotopic (exact) mass is 281 g/mol. The zero-order valence-electron chi connectivity index (χ0n) is 12.0. The molecule has 0 aliphatic rings. The van der Waals surface area contributed by atoms with E-state index in [4.69, 9.17) is 5.26 Å². The highest BCUT2D eigenvalue weighted by Crippen LogP contribution is 2.01. The largest absolute Gasteiger partial charge is 0.369 e. The first kappa shape index (κ1) is 16.3. The predicted octanol–water partition coefficient (Wildman–Crippen LogP) is 2.38. The Balaban J connectivity index is 2.69. The van der Waals surface area contributed by atoms with Gasteiger partial charge in [0.1, 0.15) is 11.6 Å². The predicted molar refractivity (Wildman–Crippen MR) is 84.0 cm³/mol. The number of carbonyl (C=O) groups is 1. The van der Waals surface area contributed by atoms with Crippen LogP contribution in [0.4, 0.5) is 0 Å². The van der Waals surface area contributed by atoms with Gasteiger partial charge in [-0.05, 0) is 5.56 Å². The van der Waals surface area contributed by atoms with Crippen LogP contribution < -0.4 is 5.32 Å². The van der Waals surface area contributed by atoms with E-state index in [1.165, 1.54) is 6.20 Å². The minimum absolute atomic E-state index is 0.0645. The highest BCUT2D eigenvalue weighted by Gasteiger charge is 2.10. The van der Waals surface area contributed by atoms with Crippen LogP contribution in [0.5, 0.6) is 0 Å². The number of benzene rings is 1. The van der Waals surface area contributed by atoms with Gasteiger partial charge in [-0.1, -0.05) is 42.5 Å². The van der Waals surface area contributed by atoms with Crippen LogP contribution in [-0.2, 0) is 11.3 Å². The molecule has 0 bridgehead atoms. The van der Waals surface area contributed by atoms with Gasteiger partial charge in [0.15, 0.2) is 0 Å². The molecule has 0 spiro atoms. The molecule has 1 N–H and O–H groups in total. The van der Waals surface area contributed by atoms with Crippen molar-refractivity contribution in [2.75, 3.05) is 13.1 Å². The van der Waals surface area contributed by atoms with E-state index in [2.05, 4.69) is 18.5 Å². The average Bonchev–Trinajstić information content (AvgIpc) is 2.51. The molecule has 4 nitrogen and oxygen atoms in total. The molecule has 1 rings (SSSR count). The fourth-order valence-corrected chi connectivity index (χ4v) is 1.71. The summed E-state index contributed by atoms with van der Waals surface area (Å²) in [5, 5.41) is 11.9. The number of carbonyl (C=O) groups excluding carboxylic acids is 1. The molecule has 0 saturated carbocycles. The Labute approximate surface area is 125 Å². The Morgan fingerprint density at radius 3 is 2.38 bits per heavy atom. The lowest BCUT2D eigenvalue weighted by molar-refractivity contribution is -0.117. The van der Waals surface area contributed by atoms with Crippen LogP contribution in [0.1, 0.15) is 5.56 Å². The summed E-state index contributed by atoms with van der Waals surface area (Å²) in [4.78, 5) is 13.8. The Morgan fingerprint density at radius 1 is 1.24 bits per heavy atom. The molecular formula is C17H19N3O. The van der Waals surface area contributed by atoms with Gasteiger partial charge in [-0.3, -0.25) is 4.79 Å². The summed E-state index contributed by atoms with van der Waals surface area (Å²) in [7, 11) is 0. The standard InChI is InChI=1S/C17H19N3O/c1-3-10-20(11-4-2)14-16(12-18)17(21)19-13-15-8-6-5-7-9-15/h3-9,14H,1-2,10-11,13H2,(H,19,21)/b16-14-. The number of nitriles is 1. The maximum atomic E-state index is 12.0. The lowest BCUT2D eigenvalue weighted by Gasteiger charge is -2.16. The van der Waals surface area contributed by atoms with E-state index in [0.717, 1.165) is 5.56 Å². The molecule has 0 radical (unpaired) electrons. The van der Waals surface area contributed by atoms with Gasteiger partial charge in [0.2, 0.25) is 0 Å². The third kappa shape index (κ3) is 5.79. The Bertz CT molecular complexity index is 545. The maximum absolute atomic E-state index is 12.0. The quantitative estimate of drug-likeness (QED) is 0.452. The number of rotatable bonds is 8. The molecule has 4 heteroatoms. The summed E-state index contributed by atoms with van der Waals surface area (Å²) < 4.78 is 0. The number of amides is 1. The topological polar surface area (TPSA) is 56.1 Å². The second kappa shape index (κ2) is 9.16. The molecule has 0 fully saturated rings. The third-order valence-corrected chi connectivity index (χ3v) is 2.70. The summed E-state index contributed by atoms with van der Waals surface area (Å²) >= 11 is 0. The second-order valence-electron chi connectivity index (χ2n) is 4.35. The zero-order chi connectivity index (χ0) is 15.5. The summed E-state index contributed by atoms with van der Waals surface area (Å²) in [6.07, 6.45) is 4.94. The molecular weight excluding hydrogens is 262 g/mol. The molecule has 21 heavy (non-hydrogen) atoms. The Hall–Kier alpha value is -2.80. The van der Waals surface area contributed by atoms with Crippen molar-refractivity contribution in [3.8, 4) is 6.07 Å². The molecule has 1 aromatic carbocycles. The van der Waals surface area contributed by atoms with E-state index >= 15 is 0 Å². The molecule has 108 valence electrons. The normalized spacial score (nSPS) is 10.3. The molecule has 0 aliphatic heterocycles. The minimum Gasteiger partial charge on any atom is -0.369 e. The van der Waals surface area contributed by atoms with Gasteiger partial charge in [0.05, 0.1) is 0 Å². The van der Waals surface area contributed by atoms with Crippen LogP contribution in [0.2, 0.25) is 0 Å². The van der Waals surface area contributed by atoms with Gasteiger partial charge in [-0.2, -0.15) is 5.26 Å². The number of hydrogen-bond acceptors (Lipinski definition) is 3. The molecule has 0 saturated heterocycles. The fraction of sp³-hybridized carbons (Fsp3) is 0.176. The van der Waals surface area contributed by atoms with Gasteiger partial charge in [-0.25, -0.2) is 0 Å². The molecule has 0 atom stereocenters. The first-order chi connectivity index (χ1) is 10.2. The van der Waals surface area contributed by atoms with Gasteiger partial charge in [-0.15, -0.1) is 13.2 Å². The number of hydrogen-bond donors (Lipinski definition) is 1. The average molecular weight is 281 g/mol. The van der Waals surface area contributed by atoms with Gasteiger partial charge >= 0.3 is 0 Å². The summed E-state index contributed by atoms with van der Waals surface area (Å²) in [5.41, 5.74) is 1.05. The molecule has 0 unspecified atom stereocenters. The van der Waals surface area contributed by atoms with Crippen LogP contribution in [0.15, 0.2) is 67.4 Å². The van der Waals surface area contributed by atoms with Crippen molar-refractivity contribution in [1.29, 1.82) is 5.26 Å². The summed E-state index contributed by atoms with van der Waals surface area (Å²) in [6, 6.07) is 11.5. The smallest absolute Gasteiger partial charge is 0.263 e. The fourth-order valence-electron chi connectivity index (χ4n) is 1.71. The van der Waals surface area contributed by atoms with Crippen molar-refractivity contribution in [3.63, 3.8) is 0 Å². The Morgan fingerprint density at radius 2 is 1.86 bits per heavy atom. The van der Waals surface area contributed by atoms with Crippen LogP contribution in [0, 0.1) is 11.3 Å². The highest BCUT2D eigenvalue weighted by atomic mass is 16.1. The summed E-state index contributed by atoms with van der Waals surface area (Å²) in [5.74, 6) is -0.389. The first-order valence-corrected chi connectivity index (χ1v) is 6.61. The van der Waals surface area contributed by atoms with E-state index in [0.29, 0.717) is 19.6 Å². The molecule has 1 amide bonds. The third-order valence-electron chi connectivity index (χ3n) is 2.70. The van der Waals surface area contributed by atoms with Crippen LogP contribution in [0.25, 0.3) is 0 Å². The first-order valence-electron chi connectivity index (χ1n) is 6.61. The van der Waals surface area contributed by atoms with Gasteiger partial charge in [0.25, 0.3) is 5.91 Å². The van der Waals surface area contributed by atoms with Crippen molar-refractivity contribution >= 4 is 5.91 Å². The van der Waals surface area contributed by atoms with Crippen LogP contribution in [-0.4, -0.2) is 23.9 Å². The van der Waals surface area contributed by atoms with E-state index in [1.807, 2.05) is 36.4 Å². The van der Waals surface area contributed by atoms with Gasteiger partial charge in [0, 0.05) is 25.8 Å². The molecule has 0 heterocycles. The number of nitrogens with one attached hydrogen (secondary N) is 1. The second-order valence-corrected chi connectivity index (χ2v) is 4.35. The van der Waals surface area contributed by atoms with Crippen molar-refractivity contribution in [2.45, 2.75) is 6.54 Å². The lowest BCUT2D eigenvalue weighted by atomic mass is 10.2. The van der Waals surface area contributed by atoms with Gasteiger partial charge < -0.3 is 10.2 Å². The Kier molecular flexibility index (Phi) is 7.09. The molecule has 0 aliphatic carbocycles. The van der Waals surface area contributed by atoms with Crippen LogP contribution >= 0.6 is 0 Å². The lowest BCUT2D eigenvalue weighted by Crippen LogP contribution is -2.26. The van der Waals surface area contributed by atoms with Crippen molar-refractivity contribution in [3.05, 3.63) is 73.0 Å². The highest BCUT2D eigenvalue weighted by molar-refractivity contribution is 5.97. The van der Waals surface area contributed by atoms with E-state index in [-0.39, 0.29) is 11.5 Å². The van der Waals surface area contributed by atoms with E-state index < -0.39 is 0 Å². The van der Waals surface area contributed by atoms with Crippen molar-refractivity contribution in [2.24, 2.45) is 0 Å². The van der Waals surface area contributed by atoms with E-state index in [9.17, 15) is 4.79 Å². The zero-order valence-corrected chi connectivity index (χ0v) is 12.0. The SMILES string of the molecule is C=CCN(/C=C(/C#N)C(=O)NCc1ccccc1)CC=C. The van der Waals surface area contributed by atoms with E-state index in [1.54, 1.807) is 17.1 Å². The van der Waals surface area contributed by atoms with Crippen molar-refractivity contribution < 1.29 is 4.79 Å². The minimum atomic E-state index is -0.389. The molecule has 0 aromatic heterocycles.